The zero-order chi connectivity index (χ0) is 14.5. The van der Waals surface area contributed by atoms with E-state index in [1.54, 1.807) is 42.7 Å². The summed E-state index contributed by atoms with van der Waals surface area (Å²) in [6, 6.07) is 11.1. The third kappa shape index (κ3) is 3.60. The van der Waals surface area contributed by atoms with E-state index in [0.717, 1.165) is 4.88 Å². The molecule has 0 saturated heterocycles. The normalized spacial score (nSPS) is 12.2. The molecule has 106 valence electrons. The van der Waals surface area contributed by atoms with E-state index in [1.807, 2.05) is 19.1 Å². The Morgan fingerprint density at radius 1 is 1.35 bits per heavy atom. The molecule has 1 amide bonds. The lowest BCUT2D eigenvalue weighted by Crippen LogP contribution is -2.29. The van der Waals surface area contributed by atoms with Gasteiger partial charge in [-0.25, -0.2) is 0 Å². The van der Waals surface area contributed by atoms with Crippen molar-refractivity contribution in [1.82, 2.24) is 5.32 Å². The summed E-state index contributed by atoms with van der Waals surface area (Å²) in [5.41, 5.74) is 0.478. The molecule has 1 heterocycles. The molecule has 0 fully saturated rings. The first kappa shape index (κ1) is 15.0. The summed E-state index contributed by atoms with van der Waals surface area (Å²) in [5, 5.41) is 3.31. The van der Waals surface area contributed by atoms with Gasteiger partial charge in [0.1, 0.15) is 6.10 Å². The molecule has 0 aliphatic carbocycles. The van der Waals surface area contributed by atoms with Gasteiger partial charge in [0.2, 0.25) is 0 Å². The summed E-state index contributed by atoms with van der Waals surface area (Å²) in [6.45, 7) is 2.46. The number of aryl methyl sites for hydroxylation is 1. The van der Waals surface area contributed by atoms with E-state index < -0.39 is 0 Å². The number of nitrogens with one attached hydrogen (secondary N) is 1. The minimum atomic E-state index is -0.189. The predicted octanol–water partition coefficient (Wildman–Crippen LogP) is 3.83. The summed E-state index contributed by atoms with van der Waals surface area (Å²) in [7, 11) is 1.64. The molecule has 3 nitrogen and oxygen atoms in total. The van der Waals surface area contributed by atoms with Crippen LogP contribution in [0.1, 0.15) is 26.2 Å². The number of rotatable bonds is 5. The topological polar surface area (TPSA) is 38.3 Å². The van der Waals surface area contributed by atoms with Crippen molar-refractivity contribution in [1.29, 1.82) is 0 Å². The zero-order valence-electron chi connectivity index (χ0n) is 11.4. The molecule has 5 heteroatoms. The second-order valence-electron chi connectivity index (χ2n) is 4.36. The highest BCUT2D eigenvalue weighted by Gasteiger charge is 2.15. The Bertz CT molecular complexity index is 597. The molecule has 0 spiro atoms. The predicted molar refractivity (Wildman–Crippen MR) is 82.6 cm³/mol. The highest BCUT2D eigenvalue weighted by molar-refractivity contribution is 7.12. The van der Waals surface area contributed by atoms with Crippen molar-refractivity contribution in [2.75, 3.05) is 13.7 Å². The van der Waals surface area contributed by atoms with Crippen LogP contribution in [0.5, 0.6) is 0 Å². The molecule has 2 rings (SSSR count). The van der Waals surface area contributed by atoms with Crippen LogP contribution in [0.4, 0.5) is 0 Å². The summed E-state index contributed by atoms with van der Waals surface area (Å²) >= 11 is 7.67. The molecule has 1 aromatic carbocycles. The molecular formula is C15H16ClNO2S. The lowest BCUT2D eigenvalue weighted by Gasteiger charge is -2.15. The number of benzene rings is 1. The van der Waals surface area contributed by atoms with Gasteiger partial charge in [0.15, 0.2) is 0 Å². The second-order valence-corrected chi connectivity index (χ2v) is 6.09. The van der Waals surface area contributed by atoms with Gasteiger partial charge in [-0.1, -0.05) is 23.7 Å². The summed E-state index contributed by atoms with van der Waals surface area (Å²) in [4.78, 5) is 14.4. The fourth-order valence-electron chi connectivity index (χ4n) is 1.85. The van der Waals surface area contributed by atoms with Crippen molar-refractivity contribution in [3.05, 3.63) is 56.7 Å². The maximum Gasteiger partial charge on any atom is 0.252 e. The van der Waals surface area contributed by atoms with Crippen LogP contribution >= 0.6 is 22.9 Å². The Kier molecular flexibility index (Phi) is 5.17. The van der Waals surface area contributed by atoms with Crippen LogP contribution in [0.15, 0.2) is 36.4 Å². The highest BCUT2D eigenvalue weighted by Crippen LogP contribution is 2.24. The van der Waals surface area contributed by atoms with Gasteiger partial charge < -0.3 is 10.1 Å². The van der Waals surface area contributed by atoms with E-state index in [4.69, 9.17) is 16.3 Å². The van der Waals surface area contributed by atoms with Gasteiger partial charge in [-0.3, -0.25) is 4.79 Å². The number of carbonyl (C=O) groups is 1. The largest absolute Gasteiger partial charge is 0.374 e. The van der Waals surface area contributed by atoms with E-state index in [-0.39, 0.29) is 12.0 Å². The fraction of sp³-hybridized carbons (Fsp3) is 0.267. The molecule has 0 saturated carbocycles. The number of methoxy groups -OCH3 is 1. The summed E-state index contributed by atoms with van der Waals surface area (Å²) in [6.07, 6.45) is -0.139. The minimum absolute atomic E-state index is 0.139. The van der Waals surface area contributed by atoms with Crippen LogP contribution in [-0.4, -0.2) is 19.6 Å². The standard InChI is InChI=1S/C15H16ClNO2S/c1-10-7-8-14(20-10)13(19-2)9-17-15(18)11-5-3-4-6-12(11)16/h3-8,13H,9H2,1-2H3,(H,17,18). The Morgan fingerprint density at radius 3 is 2.70 bits per heavy atom. The van der Waals surface area contributed by atoms with E-state index in [0.29, 0.717) is 17.1 Å². The first-order valence-corrected chi connectivity index (χ1v) is 7.43. The molecule has 2 aromatic rings. The van der Waals surface area contributed by atoms with E-state index >= 15 is 0 Å². The molecule has 1 atom stereocenters. The molecule has 0 aliphatic heterocycles. The average molecular weight is 310 g/mol. The molecular weight excluding hydrogens is 294 g/mol. The number of hydrogen-bond donors (Lipinski definition) is 1. The number of thiophene rings is 1. The van der Waals surface area contributed by atoms with E-state index in [9.17, 15) is 4.79 Å². The highest BCUT2D eigenvalue weighted by atomic mass is 35.5. The van der Waals surface area contributed by atoms with Crippen molar-refractivity contribution >= 4 is 28.8 Å². The van der Waals surface area contributed by atoms with Crippen molar-refractivity contribution in [3.8, 4) is 0 Å². The zero-order valence-corrected chi connectivity index (χ0v) is 12.9. The molecule has 0 bridgehead atoms. The smallest absolute Gasteiger partial charge is 0.252 e. The Hall–Kier alpha value is -1.36. The minimum Gasteiger partial charge on any atom is -0.374 e. The third-order valence-corrected chi connectivity index (χ3v) is 4.35. The SMILES string of the molecule is COC(CNC(=O)c1ccccc1Cl)c1ccc(C)s1. The van der Waals surface area contributed by atoms with Crippen LogP contribution in [0.3, 0.4) is 0 Å². The van der Waals surface area contributed by atoms with Gasteiger partial charge in [0, 0.05) is 23.4 Å². The molecule has 1 aromatic heterocycles. The number of hydrogen-bond acceptors (Lipinski definition) is 3. The molecule has 0 aliphatic rings. The van der Waals surface area contributed by atoms with Crippen LogP contribution in [-0.2, 0) is 4.74 Å². The third-order valence-electron chi connectivity index (χ3n) is 2.93. The first-order valence-electron chi connectivity index (χ1n) is 6.23. The van der Waals surface area contributed by atoms with Gasteiger partial charge >= 0.3 is 0 Å². The van der Waals surface area contributed by atoms with Gasteiger partial charge in [-0.2, -0.15) is 0 Å². The van der Waals surface area contributed by atoms with Gasteiger partial charge in [-0.15, -0.1) is 11.3 Å². The van der Waals surface area contributed by atoms with Crippen molar-refractivity contribution in [2.24, 2.45) is 0 Å². The van der Waals surface area contributed by atoms with Crippen LogP contribution in [0.25, 0.3) is 0 Å². The van der Waals surface area contributed by atoms with Gasteiger partial charge in [0.25, 0.3) is 5.91 Å². The summed E-state index contributed by atoms with van der Waals surface area (Å²) in [5.74, 6) is -0.189. The first-order chi connectivity index (χ1) is 9.61. The van der Waals surface area contributed by atoms with Crippen LogP contribution in [0, 0.1) is 6.92 Å². The molecule has 0 radical (unpaired) electrons. The maximum atomic E-state index is 12.1. The van der Waals surface area contributed by atoms with Crippen molar-refractivity contribution < 1.29 is 9.53 Å². The summed E-state index contributed by atoms with van der Waals surface area (Å²) < 4.78 is 5.43. The quantitative estimate of drug-likeness (QED) is 0.911. The number of ether oxygens (including phenoxy) is 1. The maximum absolute atomic E-state index is 12.1. The number of halogens is 1. The van der Waals surface area contributed by atoms with E-state index in [1.165, 1.54) is 4.88 Å². The van der Waals surface area contributed by atoms with Gasteiger partial charge in [0.05, 0.1) is 10.6 Å². The van der Waals surface area contributed by atoms with Crippen molar-refractivity contribution in [2.45, 2.75) is 13.0 Å². The van der Waals surface area contributed by atoms with Gasteiger partial charge in [-0.05, 0) is 31.2 Å². The lowest BCUT2D eigenvalue weighted by atomic mass is 10.2. The van der Waals surface area contributed by atoms with E-state index in [2.05, 4.69) is 5.32 Å². The Morgan fingerprint density at radius 2 is 2.10 bits per heavy atom. The average Bonchev–Trinajstić information content (AvgIpc) is 2.86. The number of amides is 1. The monoisotopic (exact) mass is 309 g/mol. The molecule has 1 N–H and O–H groups in total. The van der Waals surface area contributed by atoms with Crippen LogP contribution in [0.2, 0.25) is 5.02 Å². The number of carbonyl (C=O) groups excluding carboxylic acids is 1. The van der Waals surface area contributed by atoms with Crippen LogP contribution < -0.4 is 5.32 Å². The Labute approximate surface area is 127 Å². The Balaban J connectivity index is 2.00. The second kappa shape index (κ2) is 6.88. The fourth-order valence-corrected chi connectivity index (χ4v) is 3.03. The molecule has 1 unspecified atom stereocenters. The lowest BCUT2D eigenvalue weighted by molar-refractivity contribution is 0.0838. The molecule has 20 heavy (non-hydrogen) atoms. The van der Waals surface area contributed by atoms with Crippen molar-refractivity contribution in [3.63, 3.8) is 0 Å².